The van der Waals surface area contributed by atoms with Crippen LogP contribution in [-0.2, 0) is 0 Å². The van der Waals surface area contributed by atoms with Gasteiger partial charge in [-0.05, 0) is 71.1 Å². The first-order valence-electron chi connectivity index (χ1n) is 18.9. The fourth-order valence-electron chi connectivity index (χ4n) is 8.99. The summed E-state index contributed by atoms with van der Waals surface area (Å²) in [6.45, 7) is 6.42. The number of fused-ring (bicyclic) bond motifs is 13. The highest BCUT2D eigenvalue weighted by Crippen LogP contribution is 2.44. The first kappa shape index (κ1) is 31.3. The molecule has 0 aliphatic carbocycles. The predicted octanol–water partition coefficient (Wildman–Crippen LogP) is 14.4. The van der Waals surface area contributed by atoms with E-state index in [-0.39, 0.29) is 0 Å². The van der Waals surface area contributed by atoms with Crippen molar-refractivity contribution in [3.05, 3.63) is 169 Å². The van der Waals surface area contributed by atoms with Crippen LogP contribution in [0.25, 0.3) is 120 Å². The Labute approximate surface area is 325 Å². The number of nitrogens with zero attached hydrogens (tertiary/aromatic N) is 3. The third-order valence-electron chi connectivity index (χ3n) is 11.6. The topological polar surface area (TPSA) is 43.9 Å². The molecule has 0 amide bonds. The maximum Gasteiger partial charge on any atom is 0.235 e. The van der Waals surface area contributed by atoms with Crippen molar-refractivity contribution in [2.45, 2.75) is 6.92 Å². The molecule has 0 radical (unpaired) electrons. The lowest BCUT2D eigenvalue weighted by molar-refractivity contribution is 0.629. The lowest BCUT2D eigenvalue weighted by Gasteiger charge is -2.16. The standard InChI is InChI=1S/C51H31N3OS/c1-3-30-27-43-40(28-39(30)50-29(2)32-14-9-12-22-44(32)55-50)35-17-8-11-21-42(35)54(43)51-52-48(31-24-25-46-41(26-31)36-18-10-13-23-45(36)56-46)47-37-19-6-4-15-33(37)34-16-5-7-20-38(34)49(47)53-51/h3-28H,1H2,2H3. The Morgan fingerprint density at radius 2 is 1.23 bits per heavy atom. The molecule has 0 saturated heterocycles. The van der Waals surface area contributed by atoms with E-state index < -0.39 is 0 Å². The van der Waals surface area contributed by atoms with Gasteiger partial charge in [0, 0.05) is 63.8 Å². The summed E-state index contributed by atoms with van der Waals surface area (Å²) in [6.07, 6.45) is 1.93. The molecular weight excluding hydrogens is 703 g/mol. The average molecular weight is 734 g/mol. The van der Waals surface area contributed by atoms with Gasteiger partial charge < -0.3 is 4.42 Å². The third kappa shape index (κ3) is 4.34. The van der Waals surface area contributed by atoms with Gasteiger partial charge in [0.2, 0.25) is 5.95 Å². The minimum absolute atomic E-state index is 0.622. The molecular formula is C51H31N3OS. The number of hydrogen-bond acceptors (Lipinski definition) is 4. The van der Waals surface area contributed by atoms with E-state index in [2.05, 4.69) is 158 Å². The van der Waals surface area contributed by atoms with Gasteiger partial charge in [0.05, 0.1) is 22.2 Å². The number of furan rings is 1. The van der Waals surface area contributed by atoms with E-state index >= 15 is 0 Å². The molecule has 0 unspecified atom stereocenters. The van der Waals surface area contributed by atoms with Crippen LogP contribution < -0.4 is 0 Å². The van der Waals surface area contributed by atoms with E-state index in [4.69, 9.17) is 14.4 Å². The van der Waals surface area contributed by atoms with Crippen LogP contribution in [0.1, 0.15) is 11.1 Å². The van der Waals surface area contributed by atoms with Gasteiger partial charge >= 0.3 is 0 Å². The van der Waals surface area contributed by atoms with Crippen molar-refractivity contribution < 1.29 is 4.42 Å². The van der Waals surface area contributed by atoms with E-state index in [0.29, 0.717) is 5.95 Å². The molecule has 0 spiro atoms. The van der Waals surface area contributed by atoms with E-state index in [9.17, 15) is 0 Å². The highest BCUT2D eigenvalue weighted by molar-refractivity contribution is 7.25. The Balaban J connectivity index is 1.21. The minimum Gasteiger partial charge on any atom is -0.456 e. The Morgan fingerprint density at radius 3 is 2.04 bits per heavy atom. The van der Waals surface area contributed by atoms with Crippen LogP contribution >= 0.6 is 11.3 Å². The van der Waals surface area contributed by atoms with Gasteiger partial charge in [0.1, 0.15) is 11.3 Å². The second-order valence-corrected chi connectivity index (χ2v) is 15.6. The second-order valence-electron chi connectivity index (χ2n) is 14.6. The van der Waals surface area contributed by atoms with Crippen molar-refractivity contribution in [2.24, 2.45) is 0 Å². The lowest BCUT2D eigenvalue weighted by atomic mass is 9.94. The van der Waals surface area contributed by atoms with Gasteiger partial charge in [-0.3, -0.25) is 4.57 Å². The normalized spacial score (nSPS) is 12.1. The fourth-order valence-corrected chi connectivity index (χ4v) is 10.1. The number of para-hydroxylation sites is 2. The molecule has 0 N–H and O–H groups in total. The van der Waals surface area contributed by atoms with Crippen molar-refractivity contribution >= 4 is 103 Å². The smallest absolute Gasteiger partial charge is 0.235 e. The first-order valence-corrected chi connectivity index (χ1v) is 19.7. The van der Waals surface area contributed by atoms with E-state index in [1.165, 1.54) is 30.9 Å². The van der Waals surface area contributed by atoms with Gasteiger partial charge in [-0.1, -0.05) is 122 Å². The number of thiophene rings is 1. The number of rotatable bonds is 4. The van der Waals surface area contributed by atoms with Crippen LogP contribution in [0.3, 0.4) is 0 Å². The Kier molecular flexibility index (Phi) is 6.54. The van der Waals surface area contributed by atoms with Crippen LogP contribution in [0, 0.1) is 6.92 Å². The Hall–Kier alpha value is -7.08. The van der Waals surface area contributed by atoms with E-state index in [1.807, 2.05) is 29.5 Å². The Bertz CT molecular complexity index is 3640. The van der Waals surface area contributed by atoms with Crippen LogP contribution in [0.15, 0.2) is 163 Å². The summed E-state index contributed by atoms with van der Waals surface area (Å²) in [6, 6.07) is 54.1. The molecule has 12 aromatic rings. The first-order chi connectivity index (χ1) is 27.6. The molecule has 0 fully saturated rings. The van der Waals surface area contributed by atoms with Crippen LogP contribution in [-0.4, -0.2) is 14.5 Å². The van der Waals surface area contributed by atoms with Crippen molar-refractivity contribution in [1.82, 2.24) is 14.5 Å². The highest BCUT2D eigenvalue weighted by Gasteiger charge is 2.23. The van der Waals surface area contributed by atoms with Crippen LogP contribution in [0.4, 0.5) is 0 Å². The van der Waals surface area contributed by atoms with E-state index in [0.717, 1.165) is 88.2 Å². The second kappa shape index (κ2) is 11.7. The summed E-state index contributed by atoms with van der Waals surface area (Å²) in [5, 5.41) is 11.5. The molecule has 0 saturated carbocycles. The summed E-state index contributed by atoms with van der Waals surface area (Å²) in [5.41, 5.74) is 8.93. The molecule has 5 heteroatoms. The number of aromatic nitrogens is 3. The van der Waals surface area contributed by atoms with Gasteiger partial charge in [0.15, 0.2) is 0 Å². The molecule has 262 valence electrons. The lowest BCUT2D eigenvalue weighted by Crippen LogP contribution is -2.04. The predicted molar refractivity (Wildman–Crippen MR) is 237 cm³/mol. The molecule has 4 heterocycles. The van der Waals surface area contributed by atoms with Gasteiger partial charge in [-0.15, -0.1) is 11.3 Å². The van der Waals surface area contributed by atoms with Gasteiger partial charge in [-0.2, -0.15) is 0 Å². The molecule has 0 aliphatic heterocycles. The molecule has 4 aromatic heterocycles. The van der Waals surface area contributed by atoms with Crippen molar-refractivity contribution in [3.8, 4) is 28.5 Å². The monoisotopic (exact) mass is 733 g/mol. The third-order valence-corrected chi connectivity index (χ3v) is 12.7. The van der Waals surface area contributed by atoms with Crippen molar-refractivity contribution in [3.63, 3.8) is 0 Å². The minimum atomic E-state index is 0.622. The zero-order chi connectivity index (χ0) is 37.1. The van der Waals surface area contributed by atoms with Crippen LogP contribution in [0.5, 0.6) is 0 Å². The van der Waals surface area contributed by atoms with Crippen LogP contribution in [0.2, 0.25) is 0 Å². The molecule has 0 atom stereocenters. The summed E-state index contributed by atoms with van der Waals surface area (Å²) >= 11 is 1.83. The molecule has 56 heavy (non-hydrogen) atoms. The van der Waals surface area contributed by atoms with Crippen molar-refractivity contribution in [1.29, 1.82) is 0 Å². The van der Waals surface area contributed by atoms with Crippen molar-refractivity contribution in [2.75, 3.05) is 0 Å². The maximum atomic E-state index is 6.54. The molecule has 8 aromatic carbocycles. The molecule has 0 bridgehead atoms. The van der Waals surface area contributed by atoms with Gasteiger partial charge in [0.25, 0.3) is 0 Å². The summed E-state index contributed by atoms with van der Waals surface area (Å²) < 4.78 is 11.3. The highest BCUT2D eigenvalue weighted by atomic mass is 32.1. The Morgan fingerprint density at radius 1 is 0.571 bits per heavy atom. The fraction of sp³-hybridized carbons (Fsp3) is 0.0196. The summed E-state index contributed by atoms with van der Waals surface area (Å²) in [7, 11) is 0. The van der Waals surface area contributed by atoms with E-state index in [1.54, 1.807) is 0 Å². The number of benzene rings is 8. The van der Waals surface area contributed by atoms with Gasteiger partial charge in [-0.25, -0.2) is 9.97 Å². The quantitative estimate of drug-likeness (QED) is 0.169. The largest absolute Gasteiger partial charge is 0.456 e. The zero-order valence-electron chi connectivity index (χ0n) is 30.4. The summed E-state index contributed by atoms with van der Waals surface area (Å²) in [4.78, 5) is 11.2. The summed E-state index contributed by atoms with van der Waals surface area (Å²) in [5.74, 6) is 1.48. The molecule has 0 aliphatic rings. The molecule has 12 rings (SSSR count). The molecule has 4 nitrogen and oxygen atoms in total. The zero-order valence-corrected chi connectivity index (χ0v) is 31.2. The SMILES string of the molecule is C=Cc1cc2c(cc1-c1oc3ccccc3c1C)c1ccccc1n2-c1nc(-c2ccc3sc4ccccc4c3c2)c2c3ccccc3c3ccccc3c2n1. The average Bonchev–Trinajstić information content (AvgIpc) is 3.91. The number of hydrogen-bond donors (Lipinski definition) is 0. The maximum absolute atomic E-state index is 6.54. The number of aryl methyl sites for hydroxylation is 1.